The van der Waals surface area contributed by atoms with Gasteiger partial charge in [-0.3, -0.25) is 9.47 Å². The van der Waals surface area contributed by atoms with Gasteiger partial charge in [0.2, 0.25) is 0 Å². The molecular weight excluding hydrogens is 392 g/mol. The van der Waals surface area contributed by atoms with E-state index >= 15 is 0 Å². The van der Waals surface area contributed by atoms with Crippen molar-refractivity contribution in [3.63, 3.8) is 0 Å². The molecule has 0 saturated heterocycles. The van der Waals surface area contributed by atoms with Crippen LogP contribution in [-0.4, -0.2) is 41.7 Å². The summed E-state index contributed by atoms with van der Waals surface area (Å²) >= 11 is 0. The molecule has 0 amide bonds. The zero-order chi connectivity index (χ0) is 20.9. The third-order valence-corrected chi connectivity index (χ3v) is 2.94. The Labute approximate surface area is 133 Å². The number of rotatable bonds is 8. The van der Waals surface area contributed by atoms with Crippen LogP contribution >= 0.6 is 0 Å². The molecule has 0 heterocycles. The second kappa shape index (κ2) is 6.06. The molecule has 0 rings (SSSR count). The lowest BCUT2D eigenvalue weighted by Gasteiger charge is -2.38. The number of ether oxygens (including phenoxy) is 2. The van der Waals surface area contributed by atoms with E-state index in [1.54, 1.807) is 0 Å². The van der Waals surface area contributed by atoms with Gasteiger partial charge in [0.1, 0.15) is 0 Å². The topological polar surface area (TPSA) is 18.5 Å². The van der Waals surface area contributed by atoms with Crippen molar-refractivity contribution in [3.05, 3.63) is 0 Å². The summed E-state index contributed by atoms with van der Waals surface area (Å²) in [4.78, 5) is 0. The Bertz CT molecular complexity index is 432. The summed E-state index contributed by atoms with van der Waals surface area (Å²) in [6, 6.07) is 0. The summed E-state index contributed by atoms with van der Waals surface area (Å²) in [5.74, 6) is -26.5. The normalized spacial score (nSPS) is 20.2. The molecule has 2 nitrogen and oxygen atoms in total. The maximum atomic E-state index is 13.3. The fourth-order valence-corrected chi connectivity index (χ4v) is 0.958. The third kappa shape index (κ3) is 4.63. The Kier molecular flexibility index (Phi) is 5.84. The van der Waals surface area contributed by atoms with Crippen molar-refractivity contribution < 1.29 is 62.2 Å². The molecular formula is C11H12F12O2. The Morgan fingerprint density at radius 3 is 0.800 bits per heavy atom. The van der Waals surface area contributed by atoms with Crippen LogP contribution in [0.3, 0.4) is 0 Å². The Morgan fingerprint density at radius 2 is 0.640 bits per heavy atom. The van der Waals surface area contributed by atoms with Crippen molar-refractivity contribution in [2.75, 3.05) is 0 Å². The molecule has 0 aliphatic carbocycles. The molecule has 0 aromatic carbocycles. The number of hydrogen-bond donors (Lipinski definition) is 0. The molecule has 0 aliphatic heterocycles. The zero-order valence-corrected chi connectivity index (χ0v) is 12.9. The SMILES string of the molecule is CC(F)(F)C(C)(F)OC(F)(F)C(F)(F)C(F)(F)OC(C)(F)C(C)(F)F. The first-order valence-corrected chi connectivity index (χ1v) is 6.08. The quantitative estimate of drug-likeness (QED) is 0.496. The summed E-state index contributed by atoms with van der Waals surface area (Å²) < 4.78 is 161. The molecule has 0 aromatic heterocycles. The van der Waals surface area contributed by atoms with Crippen LogP contribution in [0.25, 0.3) is 0 Å². The first kappa shape index (κ1) is 24.1. The van der Waals surface area contributed by atoms with Gasteiger partial charge in [0.15, 0.2) is 0 Å². The van der Waals surface area contributed by atoms with Crippen molar-refractivity contribution in [3.8, 4) is 0 Å². The van der Waals surface area contributed by atoms with E-state index in [-0.39, 0.29) is 0 Å². The number of hydrogen-bond acceptors (Lipinski definition) is 2. The van der Waals surface area contributed by atoms with Gasteiger partial charge in [-0.25, -0.2) is 26.3 Å². The molecule has 0 bridgehead atoms. The van der Waals surface area contributed by atoms with Crippen molar-refractivity contribution in [1.29, 1.82) is 0 Å². The third-order valence-electron chi connectivity index (χ3n) is 2.94. The van der Waals surface area contributed by atoms with E-state index in [2.05, 4.69) is 9.47 Å². The maximum absolute atomic E-state index is 13.3. The highest BCUT2D eigenvalue weighted by Crippen LogP contribution is 2.52. The minimum Gasteiger partial charge on any atom is -0.272 e. The second-order valence-electron chi connectivity index (χ2n) is 5.42. The molecule has 25 heavy (non-hydrogen) atoms. The fourth-order valence-electron chi connectivity index (χ4n) is 0.958. The van der Waals surface area contributed by atoms with E-state index in [4.69, 9.17) is 0 Å². The van der Waals surface area contributed by atoms with E-state index < -0.39 is 69.4 Å². The number of halogens is 12. The van der Waals surface area contributed by atoms with Crippen LogP contribution in [0, 0.1) is 0 Å². The van der Waals surface area contributed by atoms with Crippen LogP contribution in [0.4, 0.5) is 52.7 Å². The van der Waals surface area contributed by atoms with Gasteiger partial charge in [-0.05, 0) is 0 Å². The van der Waals surface area contributed by atoms with Gasteiger partial charge in [-0.2, -0.15) is 26.3 Å². The monoisotopic (exact) mass is 404 g/mol. The minimum absolute atomic E-state index is 0.397. The van der Waals surface area contributed by atoms with E-state index in [0.717, 1.165) is 0 Å². The molecule has 0 aromatic rings. The lowest BCUT2D eigenvalue weighted by molar-refractivity contribution is -0.506. The van der Waals surface area contributed by atoms with Crippen LogP contribution in [0.15, 0.2) is 0 Å². The Hall–Kier alpha value is -0.920. The van der Waals surface area contributed by atoms with Crippen LogP contribution in [0.5, 0.6) is 0 Å². The molecule has 0 N–H and O–H groups in total. The molecule has 0 fully saturated rings. The maximum Gasteiger partial charge on any atom is 0.431 e. The van der Waals surface area contributed by atoms with Gasteiger partial charge < -0.3 is 0 Å². The van der Waals surface area contributed by atoms with Crippen molar-refractivity contribution in [2.24, 2.45) is 0 Å². The Morgan fingerprint density at radius 1 is 0.440 bits per heavy atom. The van der Waals surface area contributed by atoms with Crippen molar-refractivity contribution >= 4 is 0 Å². The largest absolute Gasteiger partial charge is 0.431 e. The van der Waals surface area contributed by atoms with E-state index in [1.807, 2.05) is 0 Å². The molecule has 2 atom stereocenters. The van der Waals surface area contributed by atoms with Gasteiger partial charge in [0.25, 0.3) is 11.7 Å². The van der Waals surface area contributed by atoms with Crippen LogP contribution < -0.4 is 0 Å². The summed E-state index contributed by atoms with van der Waals surface area (Å²) in [6.07, 6.45) is -13.4. The molecule has 0 spiro atoms. The van der Waals surface area contributed by atoms with Gasteiger partial charge in [-0.15, -0.1) is 0 Å². The molecule has 0 aliphatic rings. The first-order chi connectivity index (χ1) is 10.4. The Balaban J connectivity index is 5.79. The summed E-state index contributed by atoms with van der Waals surface area (Å²) in [5, 5.41) is 0. The van der Waals surface area contributed by atoms with Crippen molar-refractivity contribution in [1.82, 2.24) is 0 Å². The molecule has 2 unspecified atom stereocenters. The van der Waals surface area contributed by atoms with E-state index in [0.29, 0.717) is 0 Å². The molecule has 0 saturated carbocycles. The number of alkyl halides is 12. The predicted molar refractivity (Wildman–Crippen MR) is 57.3 cm³/mol. The van der Waals surface area contributed by atoms with Gasteiger partial charge in [-0.1, -0.05) is 0 Å². The van der Waals surface area contributed by atoms with Gasteiger partial charge in [0.05, 0.1) is 0 Å². The second-order valence-corrected chi connectivity index (χ2v) is 5.42. The molecule has 152 valence electrons. The fraction of sp³-hybridized carbons (Fsp3) is 1.00. The standard InChI is InChI=1S/C11H12F12O2/c1-5(12,13)7(3,16)24-10(20,21)9(18,19)11(22,23)25-8(4,17)6(2,14)15/h1-4H3. The van der Waals surface area contributed by atoms with E-state index in [9.17, 15) is 52.7 Å². The highest BCUT2D eigenvalue weighted by Gasteiger charge is 2.79. The summed E-state index contributed by atoms with van der Waals surface area (Å²) in [7, 11) is 0. The first-order valence-electron chi connectivity index (χ1n) is 6.08. The average Bonchev–Trinajstić information content (AvgIpc) is 2.21. The van der Waals surface area contributed by atoms with Gasteiger partial charge in [0, 0.05) is 27.7 Å². The van der Waals surface area contributed by atoms with Crippen LogP contribution in [-0.2, 0) is 9.47 Å². The van der Waals surface area contributed by atoms with E-state index in [1.165, 1.54) is 0 Å². The predicted octanol–water partition coefficient (Wildman–Crippen LogP) is 5.52. The summed E-state index contributed by atoms with van der Waals surface area (Å²) in [5.41, 5.74) is 0. The minimum atomic E-state index is -7.02. The smallest absolute Gasteiger partial charge is 0.272 e. The zero-order valence-electron chi connectivity index (χ0n) is 12.9. The highest BCUT2D eigenvalue weighted by molar-refractivity contribution is 4.92. The van der Waals surface area contributed by atoms with Crippen LogP contribution in [0.2, 0.25) is 0 Å². The van der Waals surface area contributed by atoms with Gasteiger partial charge >= 0.3 is 30.0 Å². The van der Waals surface area contributed by atoms with Crippen LogP contribution in [0.1, 0.15) is 27.7 Å². The average molecular weight is 404 g/mol. The summed E-state index contributed by atoms with van der Waals surface area (Å²) in [6.45, 7) is -1.75. The lowest BCUT2D eigenvalue weighted by Crippen LogP contribution is -2.63. The van der Waals surface area contributed by atoms with Crippen molar-refractivity contribution in [2.45, 2.75) is 69.4 Å². The molecule has 14 heteroatoms. The lowest BCUT2D eigenvalue weighted by atomic mass is 10.2. The molecule has 0 radical (unpaired) electrons. The highest BCUT2D eigenvalue weighted by atomic mass is 19.4.